The van der Waals surface area contributed by atoms with Gasteiger partial charge >= 0.3 is 6.09 Å². The number of nitrogens with one attached hydrogen (secondary N) is 2. The molecule has 0 fully saturated rings. The first kappa shape index (κ1) is 22.8. The van der Waals surface area contributed by atoms with Crippen molar-refractivity contribution in [2.75, 3.05) is 17.6 Å². The van der Waals surface area contributed by atoms with Crippen molar-refractivity contribution in [3.63, 3.8) is 0 Å². The Labute approximate surface area is 180 Å². The average molecular weight is 438 g/mol. The van der Waals surface area contributed by atoms with Gasteiger partial charge in [-0.3, -0.25) is 4.79 Å². The maximum atomic E-state index is 12.9. The Bertz CT molecular complexity index is 864. The molecule has 156 valence electrons. The van der Waals surface area contributed by atoms with Gasteiger partial charge in [-0.2, -0.15) is 0 Å². The first-order valence-electron chi connectivity index (χ1n) is 9.13. The van der Waals surface area contributed by atoms with Crippen LogP contribution in [-0.4, -0.2) is 24.1 Å². The van der Waals surface area contributed by atoms with Crippen molar-refractivity contribution in [2.45, 2.75) is 38.7 Å². The molecular formula is C21H25Cl2N3O3. The highest BCUT2D eigenvalue weighted by molar-refractivity contribution is 6.42. The summed E-state index contributed by atoms with van der Waals surface area (Å²) in [6.07, 6.45) is -0.192. The molecule has 0 radical (unpaired) electrons. The Hall–Kier alpha value is -2.44. The van der Waals surface area contributed by atoms with Gasteiger partial charge in [0.15, 0.2) is 0 Å². The van der Waals surface area contributed by atoms with E-state index in [4.69, 9.17) is 33.7 Å². The van der Waals surface area contributed by atoms with Crippen LogP contribution in [0, 0.1) is 0 Å². The number of hydrogen-bond acceptors (Lipinski definition) is 4. The summed E-state index contributed by atoms with van der Waals surface area (Å²) in [5.41, 5.74) is 7.00. The monoisotopic (exact) mass is 437 g/mol. The Morgan fingerprint density at radius 2 is 1.72 bits per heavy atom. The van der Waals surface area contributed by atoms with E-state index in [0.717, 1.165) is 0 Å². The average Bonchev–Trinajstić information content (AvgIpc) is 2.61. The van der Waals surface area contributed by atoms with Gasteiger partial charge in [0.05, 0.1) is 16.0 Å². The molecule has 0 heterocycles. The van der Waals surface area contributed by atoms with Crippen LogP contribution in [0.4, 0.5) is 16.2 Å². The highest BCUT2D eigenvalue weighted by atomic mass is 35.5. The zero-order valence-electron chi connectivity index (χ0n) is 16.6. The molecule has 0 spiro atoms. The van der Waals surface area contributed by atoms with Gasteiger partial charge in [0.25, 0.3) is 0 Å². The second kappa shape index (κ2) is 9.85. The lowest BCUT2D eigenvalue weighted by Gasteiger charge is -2.21. The minimum Gasteiger partial charge on any atom is -0.444 e. The van der Waals surface area contributed by atoms with Crippen LogP contribution in [0.3, 0.4) is 0 Å². The number of ether oxygens (including phenoxy) is 1. The number of anilines is 2. The third-order valence-corrected chi connectivity index (χ3v) is 4.68. The third kappa shape index (κ3) is 7.48. The fraction of sp³-hybridized carbons (Fsp3) is 0.333. The smallest absolute Gasteiger partial charge is 0.407 e. The molecule has 2 amide bonds. The number of hydrogen-bond donors (Lipinski definition) is 3. The standard InChI is InChI=1S/C21H25Cl2N3O3/c1-21(2,3)29-20(28)25-11-10-16(13-4-9-17(22)18(23)12-13)19(27)26-15-7-5-14(24)6-8-15/h4-9,12,16H,10-11,24H2,1-3H3,(H,25,28)(H,26,27). The SMILES string of the molecule is CC(C)(C)OC(=O)NCCC(C(=O)Nc1ccc(N)cc1)c1ccc(Cl)c(Cl)c1. The van der Waals surface area contributed by atoms with Crippen LogP contribution in [0.25, 0.3) is 0 Å². The summed E-state index contributed by atoms with van der Waals surface area (Å²) in [5, 5.41) is 6.30. The van der Waals surface area contributed by atoms with Gasteiger partial charge in [0, 0.05) is 17.9 Å². The largest absolute Gasteiger partial charge is 0.444 e. The first-order chi connectivity index (χ1) is 13.5. The summed E-state index contributed by atoms with van der Waals surface area (Å²) in [4.78, 5) is 24.8. The van der Waals surface area contributed by atoms with Gasteiger partial charge < -0.3 is 21.1 Å². The third-order valence-electron chi connectivity index (χ3n) is 3.94. The van der Waals surface area contributed by atoms with Crippen molar-refractivity contribution >= 4 is 46.6 Å². The van der Waals surface area contributed by atoms with E-state index >= 15 is 0 Å². The fourth-order valence-electron chi connectivity index (χ4n) is 2.61. The van der Waals surface area contributed by atoms with E-state index in [2.05, 4.69) is 10.6 Å². The lowest BCUT2D eigenvalue weighted by atomic mass is 9.94. The van der Waals surface area contributed by atoms with Crippen molar-refractivity contribution < 1.29 is 14.3 Å². The first-order valence-corrected chi connectivity index (χ1v) is 9.89. The minimum absolute atomic E-state index is 0.237. The van der Waals surface area contributed by atoms with Crippen LogP contribution in [0.2, 0.25) is 10.0 Å². The zero-order valence-corrected chi connectivity index (χ0v) is 18.1. The van der Waals surface area contributed by atoms with Crippen molar-refractivity contribution in [3.8, 4) is 0 Å². The summed E-state index contributed by atoms with van der Waals surface area (Å²) in [5.74, 6) is -0.795. The van der Waals surface area contributed by atoms with Gasteiger partial charge in [0.1, 0.15) is 5.60 Å². The lowest BCUT2D eigenvalue weighted by molar-refractivity contribution is -0.117. The zero-order chi connectivity index (χ0) is 21.6. The number of carbonyl (C=O) groups is 2. The number of alkyl carbamates (subject to hydrolysis) is 1. The summed E-state index contributed by atoms with van der Waals surface area (Å²) < 4.78 is 5.23. The molecule has 0 saturated heterocycles. The van der Waals surface area contributed by atoms with Gasteiger partial charge in [0.2, 0.25) is 5.91 Å². The molecule has 2 aromatic carbocycles. The summed E-state index contributed by atoms with van der Waals surface area (Å²) in [6.45, 7) is 5.59. The predicted octanol–water partition coefficient (Wildman–Crippen LogP) is 5.21. The Morgan fingerprint density at radius 3 is 2.31 bits per heavy atom. The van der Waals surface area contributed by atoms with E-state index in [1.54, 1.807) is 63.2 Å². The van der Waals surface area contributed by atoms with Gasteiger partial charge in [-0.15, -0.1) is 0 Å². The highest BCUT2D eigenvalue weighted by Crippen LogP contribution is 2.29. The summed E-state index contributed by atoms with van der Waals surface area (Å²) >= 11 is 12.1. The van der Waals surface area contributed by atoms with Crippen molar-refractivity contribution in [3.05, 3.63) is 58.1 Å². The maximum absolute atomic E-state index is 12.9. The van der Waals surface area contributed by atoms with Crippen LogP contribution in [0.15, 0.2) is 42.5 Å². The molecule has 0 saturated carbocycles. The summed E-state index contributed by atoms with van der Waals surface area (Å²) in [6, 6.07) is 11.9. The van der Waals surface area contributed by atoms with Crippen molar-refractivity contribution in [2.24, 2.45) is 0 Å². The second-order valence-electron chi connectivity index (χ2n) is 7.55. The van der Waals surface area contributed by atoms with Crippen LogP contribution < -0.4 is 16.4 Å². The van der Waals surface area contributed by atoms with Gasteiger partial charge in [-0.25, -0.2) is 4.79 Å². The van der Waals surface area contributed by atoms with Gasteiger partial charge in [-0.05, 0) is 69.2 Å². The molecular weight excluding hydrogens is 413 g/mol. The maximum Gasteiger partial charge on any atom is 0.407 e. The topological polar surface area (TPSA) is 93.4 Å². The van der Waals surface area contributed by atoms with E-state index in [0.29, 0.717) is 33.4 Å². The number of rotatable bonds is 6. The number of nitrogens with two attached hydrogens (primary N) is 1. The van der Waals surface area contributed by atoms with Crippen LogP contribution in [0.1, 0.15) is 38.7 Å². The molecule has 1 atom stereocenters. The number of benzene rings is 2. The number of amides is 2. The molecule has 6 nitrogen and oxygen atoms in total. The van der Waals surface area contributed by atoms with Crippen LogP contribution >= 0.6 is 23.2 Å². The Morgan fingerprint density at radius 1 is 1.07 bits per heavy atom. The molecule has 2 aromatic rings. The van der Waals surface area contributed by atoms with E-state index in [1.807, 2.05) is 0 Å². The second-order valence-corrected chi connectivity index (χ2v) is 8.37. The van der Waals surface area contributed by atoms with Crippen LogP contribution in [0.5, 0.6) is 0 Å². The molecule has 0 aliphatic heterocycles. The number of halogens is 2. The molecule has 0 aliphatic carbocycles. The quantitative estimate of drug-likeness (QED) is 0.540. The Balaban J connectivity index is 2.12. The summed E-state index contributed by atoms with van der Waals surface area (Å²) in [7, 11) is 0. The normalized spacial score (nSPS) is 12.2. The number of nitrogen functional groups attached to an aromatic ring is 1. The van der Waals surface area contributed by atoms with E-state index in [9.17, 15) is 9.59 Å². The van der Waals surface area contributed by atoms with Gasteiger partial charge in [-0.1, -0.05) is 29.3 Å². The van der Waals surface area contributed by atoms with Crippen molar-refractivity contribution in [1.82, 2.24) is 5.32 Å². The molecule has 2 rings (SSSR count). The molecule has 8 heteroatoms. The fourth-order valence-corrected chi connectivity index (χ4v) is 2.91. The van der Waals surface area contributed by atoms with E-state index in [-0.39, 0.29) is 12.5 Å². The lowest BCUT2D eigenvalue weighted by Crippen LogP contribution is -2.34. The molecule has 1 unspecified atom stereocenters. The highest BCUT2D eigenvalue weighted by Gasteiger charge is 2.23. The molecule has 0 aromatic heterocycles. The van der Waals surface area contributed by atoms with E-state index in [1.165, 1.54) is 0 Å². The molecule has 29 heavy (non-hydrogen) atoms. The molecule has 0 bridgehead atoms. The molecule has 0 aliphatic rings. The van der Waals surface area contributed by atoms with Crippen molar-refractivity contribution in [1.29, 1.82) is 0 Å². The van der Waals surface area contributed by atoms with Crippen LogP contribution in [-0.2, 0) is 9.53 Å². The van der Waals surface area contributed by atoms with E-state index < -0.39 is 17.6 Å². The Kier molecular flexibility index (Phi) is 7.76. The minimum atomic E-state index is -0.598. The number of carbonyl (C=O) groups excluding carboxylic acids is 2. The predicted molar refractivity (Wildman–Crippen MR) is 118 cm³/mol. The molecule has 4 N–H and O–H groups in total.